The number of fused-ring (bicyclic) bond motifs is 8. The van der Waals surface area contributed by atoms with Crippen LogP contribution < -0.4 is 4.74 Å². The van der Waals surface area contributed by atoms with Crippen LogP contribution in [0.3, 0.4) is 0 Å². The second-order valence-electron chi connectivity index (χ2n) is 23.4. The standard InChI is InChI=1S/C76H63N5O2.Pt/c1-44(2)58-38-54(49-23-12-10-13-24-49)39-59(45(3)4)71(58)80-68-33-20-18-31-66(68)78-75(80)53-29-22-30-56(35-53)82-57-42-64-70-74(63-37-52-28-17-16-27-51(52)36-62(63)48(9)77-70)83-73(64)65(43-57)76-79-67-32-19-21-34-69(67)81(76)72-60(46(5)6)40-55(41-61(72)47(7)8)50-25-14-11-15-26-50;/h10-34,36-42,44-47H,1-9H3;/q-2;+2. The van der Waals surface area contributed by atoms with Gasteiger partial charge in [0.2, 0.25) is 0 Å². The van der Waals surface area contributed by atoms with E-state index in [1.54, 1.807) is 0 Å². The van der Waals surface area contributed by atoms with Gasteiger partial charge in [0, 0.05) is 39.3 Å². The summed E-state index contributed by atoms with van der Waals surface area (Å²) in [4.78, 5) is 16.4. The van der Waals surface area contributed by atoms with Crippen LogP contribution in [-0.2, 0) is 21.1 Å². The first-order chi connectivity index (χ1) is 40.4. The quantitative estimate of drug-likeness (QED) is 0.0900. The summed E-state index contributed by atoms with van der Waals surface area (Å²) in [5, 5.41) is 5.10. The van der Waals surface area contributed by atoms with Gasteiger partial charge in [-0.3, -0.25) is 15.0 Å². The van der Waals surface area contributed by atoms with Crippen molar-refractivity contribution in [2.75, 3.05) is 0 Å². The van der Waals surface area contributed by atoms with Gasteiger partial charge in [0.1, 0.15) is 5.58 Å². The zero-order valence-electron chi connectivity index (χ0n) is 48.7. The molecule has 7 nitrogen and oxygen atoms in total. The molecule has 14 aromatic rings. The van der Waals surface area contributed by atoms with Crippen molar-refractivity contribution in [2.45, 2.75) is 86.0 Å². The monoisotopic (exact) mass is 1270 g/mol. The summed E-state index contributed by atoms with van der Waals surface area (Å²) in [7, 11) is 0. The van der Waals surface area contributed by atoms with Gasteiger partial charge in [-0.25, -0.2) is 0 Å². The number of hydrogen-bond acceptors (Lipinski definition) is 5. The second-order valence-corrected chi connectivity index (χ2v) is 23.4. The molecular formula is C76H63N5O2Pt. The first kappa shape index (κ1) is 54.4. The largest absolute Gasteiger partial charge is 2.00 e. The number of hydrogen-bond donors (Lipinski definition) is 0. The molecule has 0 N–H and O–H groups in total. The summed E-state index contributed by atoms with van der Waals surface area (Å²) in [6, 6.07) is 76.3. The fourth-order valence-corrected chi connectivity index (χ4v) is 12.4. The Bertz CT molecular complexity index is 4800. The minimum absolute atomic E-state index is 0. The molecular weight excluding hydrogens is 1210 g/mol. The molecule has 0 radical (unpaired) electrons. The van der Waals surface area contributed by atoms with E-state index in [1.807, 2.05) is 18.2 Å². The molecule has 414 valence electrons. The third-order valence-corrected chi connectivity index (χ3v) is 16.5. The molecule has 10 aromatic carbocycles. The molecule has 4 heterocycles. The van der Waals surface area contributed by atoms with E-state index in [-0.39, 0.29) is 44.7 Å². The number of imidazole rings is 2. The number of furan rings is 1. The zero-order chi connectivity index (χ0) is 56.8. The van der Waals surface area contributed by atoms with Crippen molar-refractivity contribution in [3.05, 3.63) is 234 Å². The molecule has 0 saturated carbocycles. The molecule has 0 aliphatic rings. The Hall–Kier alpha value is -8.90. The maximum atomic E-state index is 7.30. The maximum Gasteiger partial charge on any atom is 2.00 e. The SMILES string of the molecule is Cc1nc2c3cc(Oc4[c-]c(-c5nc6ccccc6n5-c5c(C(C)C)cc(-c6ccccc6)cc5C(C)C)ccc4)[c-]c(-c4nc5ccccc5n4-c4c(C(C)C)cc(-c5ccccc5)cc4C(C)C)c3oc2c2cc3ccccc3cc12.[Pt+2]. The Kier molecular flexibility index (Phi) is 14.0. The summed E-state index contributed by atoms with van der Waals surface area (Å²) < 4.78 is 19.2. The molecule has 0 aliphatic heterocycles. The molecule has 0 unspecified atom stereocenters. The van der Waals surface area contributed by atoms with Crippen molar-refractivity contribution in [1.29, 1.82) is 0 Å². The molecule has 0 saturated heterocycles. The number of ether oxygens (including phenoxy) is 1. The molecule has 14 rings (SSSR count). The zero-order valence-corrected chi connectivity index (χ0v) is 50.9. The van der Waals surface area contributed by atoms with Gasteiger partial charge in [-0.15, -0.1) is 23.8 Å². The van der Waals surface area contributed by atoms with Crippen LogP contribution in [0.2, 0.25) is 0 Å². The molecule has 0 spiro atoms. The fourth-order valence-electron chi connectivity index (χ4n) is 12.4. The van der Waals surface area contributed by atoms with Gasteiger partial charge in [-0.1, -0.05) is 188 Å². The average molecular weight is 1270 g/mol. The van der Waals surface area contributed by atoms with Crippen molar-refractivity contribution in [3.63, 3.8) is 0 Å². The van der Waals surface area contributed by atoms with Gasteiger partial charge in [-0.2, -0.15) is 0 Å². The van der Waals surface area contributed by atoms with Crippen LogP contribution in [0.4, 0.5) is 0 Å². The number of aromatic nitrogens is 5. The van der Waals surface area contributed by atoms with Crippen LogP contribution in [-0.4, -0.2) is 24.1 Å². The maximum absolute atomic E-state index is 7.30. The van der Waals surface area contributed by atoms with E-state index in [1.165, 1.54) is 44.5 Å². The van der Waals surface area contributed by atoms with Crippen molar-refractivity contribution >= 4 is 65.7 Å². The van der Waals surface area contributed by atoms with Crippen LogP contribution in [0.25, 0.3) is 122 Å². The number of pyridine rings is 1. The Morgan fingerprint density at radius 1 is 0.417 bits per heavy atom. The van der Waals surface area contributed by atoms with Gasteiger partial charge < -0.3 is 18.3 Å². The van der Waals surface area contributed by atoms with Gasteiger partial charge in [0.15, 0.2) is 0 Å². The topological polar surface area (TPSA) is 70.9 Å². The Morgan fingerprint density at radius 3 is 1.43 bits per heavy atom. The third-order valence-electron chi connectivity index (χ3n) is 16.5. The number of rotatable bonds is 12. The minimum atomic E-state index is 0. The molecule has 0 bridgehead atoms. The molecule has 0 atom stereocenters. The van der Waals surface area contributed by atoms with Crippen molar-refractivity contribution < 1.29 is 30.2 Å². The van der Waals surface area contributed by atoms with E-state index in [2.05, 4.69) is 260 Å². The van der Waals surface area contributed by atoms with E-state index in [4.69, 9.17) is 24.1 Å². The predicted molar refractivity (Wildman–Crippen MR) is 343 cm³/mol. The first-order valence-corrected chi connectivity index (χ1v) is 29.1. The number of aryl methyl sites for hydroxylation is 1. The number of para-hydroxylation sites is 4. The van der Waals surface area contributed by atoms with E-state index in [0.717, 1.165) is 83.0 Å². The Morgan fingerprint density at radius 2 is 0.893 bits per heavy atom. The summed E-state index contributed by atoms with van der Waals surface area (Å²) in [5.41, 5.74) is 20.1. The second kappa shape index (κ2) is 21.7. The van der Waals surface area contributed by atoms with Gasteiger partial charge >= 0.3 is 21.1 Å². The Balaban J connectivity index is 0.00000658. The first-order valence-electron chi connectivity index (χ1n) is 29.1. The van der Waals surface area contributed by atoms with Crippen molar-refractivity contribution in [1.82, 2.24) is 24.1 Å². The number of benzene rings is 10. The molecule has 84 heavy (non-hydrogen) atoms. The summed E-state index contributed by atoms with van der Waals surface area (Å²) in [6.45, 7) is 20.4. The van der Waals surface area contributed by atoms with Gasteiger partial charge in [-0.05, 0) is 152 Å². The average Bonchev–Trinajstić information content (AvgIpc) is 1.76. The van der Waals surface area contributed by atoms with Gasteiger partial charge in [0.05, 0.1) is 44.8 Å². The van der Waals surface area contributed by atoms with E-state index < -0.39 is 0 Å². The summed E-state index contributed by atoms with van der Waals surface area (Å²) in [6.07, 6.45) is 0. The van der Waals surface area contributed by atoms with Crippen LogP contribution in [0, 0.1) is 19.1 Å². The van der Waals surface area contributed by atoms with Crippen LogP contribution in [0.15, 0.2) is 199 Å². The molecule has 8 heteroatoms. The van der Waals surface area contributed by atoms with Crippen LogP contribution >= 0.6 is 0 Å². The third kappa shape index (κ3) is 9.30. The van der Waals surface area contributed by atoms with Crippen LogP contribution in [0.1, 0.15) is 107 Å². The van der Waals surface area contributed by atoms with Crippen LogP contribution in [0.5, 0.6) is 11.5 Å². The van der Waals surface area contributed by atoms with Gasteiger partial charge in [0.25, 0.3) is 0 Å². The van der Waals surface area contributed by atoms with E-state index in [9.17, 15) is 0 Å². The predicted octanol–water partition coefficient (Wildman–Crippen LogP) is 20.8. The van der Waals surface area contributed by atoms with E-state index >= 15 is 0 Å². The summed E-state index contributed by atoms with van der Waals surface area (Å²) >= 11 is 0. The number of nitrogens with zero attached hydrogens (tertiary/aromatic N) is 5. The molecule has 0 aliphatic carbocycles. The normalized spacial score (nSPS) is 12.0. The Labute approximate surface area is 504 Å². The fraction of sp³-hybridized carbons (Fsp3) is 0.171. The molecule has 4 aromatic heterocycles. The smallest absolute Gasteiger partial charge is 0.498 e. The molecule has 0 fully saturated rings. The van der Waals surface area contributed by atoms with E-state index in [0.29, 0.717) is 34.1 Å². The minimum Gasteiger partial charge on any atom is -0.498 e. The summed E-state index contributed by atoms with van der Waals surface area (Å²) in [5.74, 6) is 3.21. The van der Waals surface area contributed by atoms with Crippen molar-refractivity contribution in [2.24, 2.45) is 0 Å². The molecule has 0 amide bonds. The van der Waals surface area contributed by atoms with Crippen molar-refractivity contribution in [3.8, 4) is 67.9 Å².